The first-order chi connectivity index (χ1) is 10.8. The number of anilines is 2. The van der Waals surface area contributed by atoms with Crippen LogP contribution >= 0.6 is 0 Å². The summed E-state index contributed by atoms with van der Waals surface area (Å²) in [6.45, 7) is 4.72. The molecule has 0 saturated carbocycles. The van der Waals surface area contributed by atoms with E-state index in [4.69, 9.17) is 4.74 Å². The lowest BCUT2D eigenvalue weighted by molar-refractivity contribution is -0.386. The Hall–Kier alpha value is -2.68. The summed E-state index contributed by atoms with van der Waals surface area (Å²) in [6, 6.07) is 1.23. The number of pyridine rings is 1. The highest BCUT2D eigenvalue weighted by molar-refractivity contribution is 6.01. The zero-order valence-electron chi connectivity index (χ0n) is 13.7. The molecule has 0 radical (unpaired) electrons. The number of ether oxygens (including phenoxy) is 1. The maximum absolute atomic E-state index is 11.6. The van der Waals surface area contributed by atoms with Gasteiger partial charge in [-0.05, 0) is 20.2 Å². The number of nitrogens with one attached hydrogen (secondary N) is 1. The minimum absolute atomic E-state index is 0.113. The second-order valence-electron chi connectivity index (χ2n) is 5.06. The van der Waals surface area contributed by atoms with Gasteiger partial charge in [-0.2, -0.15) is 4.98 Å². The van der Waals surface area contributed by atoms with Gasteiger partial charge in [0.05, 0.1) is 17.7 Å². The van der Waals surface area contributed by atoms with Crippen molar-refractivity contribution in [3.05, 3.63) is 28.8 Å². The van der Waals surface area contributed by atoms with Gasteiger partial charge in [-0.25, -0.2) is 0 Å². The van der Waals surface area contributed by atoms with Crippen molar-refractivity contribution in [3.63, 3.8) is 0 Å². The van der Waals surface area contributed by atoms with E-state index in [0.717, 1.165) is 12.6 Å². The van der Waals surface area contributed by atoms with E-state index in [0.29, 0.717) is 12.4 Å². The summed E-state index contributed by atoms with van der Waals surface area (Å²) in [4.78, 5) is 30.0. The fourth-order valence-corrected chi connectivity index (χ4v) is 1.78. The summed E-state index contributed by atoms with van der Waals surface area (Å²) >= 11 is 0. The molecule has 0 unspecified atom stereocenters. The summed E-state index contributed by atoms with van der Waals surface area (Å²) in [6.07, 6.45) is 1.08. The molecular formula is C14H21N5O4. The molecule has 0 aromatic carbocycles. The van der Waals surface area contributed by atoms with Gasteiger partial charge in [0.25, 0.3) is 5.88 Å². The van der Waals surface area contributed by atoms with Crippen LogP contribution in [-0.2, 0) is 4.79 Å². The Bertz CT molecular complexity index is 603. The Kier molecular flexibility index (Phi) is 6.46. The second-order valence-corrected chi connectivity index (χ2v) is 5.06. The van der Waals surface area contributed by atoms with Crippen molar-refractivity contribution in [2.75, 3.05) is 51.6 Å². The first kappa shape index (κ1) is 18.4. The molecule has 0 saturated heterocycles. The Morgan fingerprint density at radius 1 is 1.48 bits per heavy atom. The molecule has 0 aliphatic heterocycles. The molecule has 0 spiro atoms. The van der Waals surface area contributed by atoms with Gasteiger partial charge >= 0.3 is 5.69 Å². The number of hydrogen-bond acceptors (Lipinski definition) is 7. The molecule has 1 N–H and O–H groups in total. The number of rotatable bonds is 8. The number of aromatic nitrogens is 1. The molecule has 0 atom stereocenters. The van der Waals surface area contributed by atoms with Crippen molar-refractivity contribution >= 4 is 23.1 Å². The van der Waals surface area contributed by atoms with E-state index in [1.807, 2.05) is 19.0 Å². The van der Waals surface area contributed by atoms with Gasteiger partial charge in [-0.1, -0.05) is 6.58 Å². The quantitative estimate of drug-likeness (QED) is 0.434. The highest BCUT2D eigenvalue weighted by Crippen LogP contribution is 2.34. The smallest absolute Gasteiger partial charge is 0.333 e. The van der Waals surface area contributed by atoms with E-state index in [9.17, 15) is 14.9 Å². The maximum atomic E-state index is 11.6. The molecule has 9 heteroatoms. The molecule has 1 amide bonds. The van der Waals surface area contributed by atoms with Gasteiger partial charge in [0.1, 0.15) is 0 Å². The third-order valence-electron chi connectivity index (χ3n) is 3.03. The zero-order chi connectivity index (χ0) is 17.6. The predicted molar refractivity (Wildman–Crippen MR) is 88.1 cm³/mol. The van der Waals surface area contributed by atoms with E-state index in [1.165, 1.54) is 13.2 Å². The van der Waals surface area contributed by atoms with Gasteiger partial charge in [0, 0.05) is 26.2 Å². The number of amides is 1. The number of nitrogens with zero attached hydrogens (tertiary/aromatic N) is 4. The van der Waals surface area contributed by atoms with Crippen molar-refractivity contribution in [2.24, 2.45) is 0 Å². The molecule has 1 heterocycles. The fraction of sp³-hybridized carbons (Fsp3) is 0.429. The molecule has 0 bridgehead atoms. The molecule has 126 valence electrons. The van der Waals surface area contributed by atoms with Crippen LogP contribution in [-0.4, -0.2) is 62.1 Å². The molecular weight excluding hydrogens is 302 g/mol. The molecule has 23 heavy (non-hydrogen) atoms. The minimum Gasteiger partial charge on any atom is -0.476 e. The van der Waals surface area contributed by atoms with E-state index in [1.54, 1.807) is 11.9 Å². The van der Waals surface area contributed by atoms with Crippen molar-refractivity contribution < 1.29 is 14.5 Å². The molecule has 1 aromatic rings. The zero-order valence-corrected chi connectivity index (χ0v) is 13.7. The molecule has 9 nitrogen and oxygen atoms in total. The van der Waals surface area contributed by atoms with Crippen LogP contribution in [0.5, 0.6) is 5.88 Å². The predicted octanol–water partition coefficient (Wildman–Crippen LogP) is 1.12. The topological polar surface area (TPSA) is 101 Å². The lowest BCUT2D eigenvalue weighted by Crippen LogP contribution is -2.30. The number of methoxy groups -OCH3 is 1. The summed E-state index contributed by atoms with van der Waals surface area (Å²) in [7, 11) is 6.94. The normalized spacial score (nSPS) is 10.3. The Morgan fingerprint density at radius 2 is 2.13 bits per heavy atom. The standard InChI is InChI=1S/C14H21N5O4/c1-6-12(20)15-10-9-11(19(21)22)14(23-5)16-13(10)18(4)8-7-17(2)3/h6,9H,1,7-8H2,2-5H3,(H,15,20). The van der Waals surface area contributed by atoms with Crippen LogP contribution in [0.3, 0.4) is 0 Å². The third kappa shape index (κ3) is 4.92. The van der Waals surface area contributed by atoms with E-state index < -0.39 is 10.8 Å². The van der Waals surface area contributed by atoms with Crippen molar-refractivity contribution in [3.8, 4) is 5.88 Å². The van der Waals surface area contributed by atoms with E-state index in [-0.39, 0.29) is 17.3 Å². The number of hydrogen-bond donors (Lipinski definition) is 1. The van der Waals surface area contributed by atoms with Gasteiger partial charge in [0.15, 0.2) is 5.82 Å². The summed E-state index contributed by atoms with van der Waals surface area (Å²) in [5, 5.41) is 13.7. The molecule has 0 aliphatic rings. The van der Waals surface area contributed by atoms with E-state index in [2.05, 4.69) is 16.9 Å². The molecule has 0 fully saturated rings. The van der Waals surface area contributed by atoms with Crippen LogP contribution < -0.4 is 15.0 Å². The van der Waals surface area contributed by atoms with Crippen LogP contribution in [0, 0.1) is 10.1 Å². The van der Waals surface area contributed by atoms with Crippen LogP contribution in [0.2, 0.25) is 0 Å². The fourth-order valence-electron chi connectivity index (χ4n) is 1.78. The first-order valence-corrected chi connectivity index (χ1v) is 6.82. The highest BCUT2D eigenvalue weighted by atomic mass is 16.6. The summed E-state index contributed by atoms with van der Waals surface area (Å²) < 4.78 is 4.99. The van der Waals surface area contributed by atoms with Gasteiger partial charge in [-0.15, -0.1) is 0 Å². The molecule has 1 aromatic heterocycles. The molecule has 0 aliphatic carbocycles. The Labute approximate surface area is 134 Å². The SMILES string of the molecule is C=CC(=O)Nc1cc([N+](=O)[O-])c(OC)nc1N(C)CCN(C)C. The van der Waals surface area contributed by atoms with Crippen LogP contribution in [0.15, 0.2) is 18.7 Å². The monoisotopic (exact) mass is 323 g/mol. The number of carbonyl (C=O) groups excluding carboxylic acids is 1. The van der Waals surface area contributed by atoms with Gasteiger partial charge < -0.3 is 19.9 Å². The number of carbonyl (C=O) groups is 1. The maximum Gasteiger partial charge on any atom is 0.333 e. The summed E-state index contributed by atoms with van der Waals surface area (Å²) in [5.41, 5.74) is -0.0970. The van der Waals surface area contributed by atoms with Crippen LogP contribution in [0.4, 0.5) is 17.2 Å². The number of nitro groups is 1. The van der Waals surface area contributed by atoms with Gasteiger partial charge in [-0.3, -0.25) is 14.9 Å². The highest BCUT2D eigenvalue weighted by Gasteiger charge is 2.23. The van der Waals surface area contributed by atoms with Gasteiger partial charge in [0.2, 0.25) is 5.91 Å². The lowest BCUT2D eigenvalue weighted by Gasteiger charge is -2.23. The van der Waals surface area contributed by atoms with Crippen molar-refractivity contribution in [1.82, 2.24) is 9.88 Å². The van der Waals surface area contributed by atoms with Crippen LogP contribution in [0.25, 0.3) is 0 Å². The van der Waals surface area contributed by atoms with Crippen molar-refractivity contribution in [1.29, 1.82) is 0 Å². The average Bonchev–Trinajstić information content (AvgIpc) is 2.51. The lowest BCUT2D eigenvalue weighted by atomic mass is 10.3. The summed E-state index contributed by atoms with van der Waals surface area (Å²) in [5.74, 6) is -0.212. The second kappa shape index (κ2) is 8.08. The number of likely N-dealkylation sites (N-methyl/N-ethyl adjacent to an activating group) is 2. The van der Waals surface area contributed by atoms with E-state index >= 15 is 0 Å². The Balaban J connectivity index is 3.30. The average molecular weight is 323 g/mol. The first-order valence-electron chi connectivity index (χ1n) is 6.82. The van der Waals surface area contributed by atoms with Crippen molar-refractivity contribution in [2.45, 2.75) is 0 Å². The third-order valence-corrected chi connectivity index (χ3v) is 3.03. The molecule has 1 rings (SSSR count). The minimum atomic E-state index is -0.612. The van der Waals surface area contributed by atoms with Crippen LogP contribution in [0.1, 0.15) is 0 Å². The Morgan fingerprint density at radius 3 is 2.61 bits per heavy atom. The largest absolute Gasteiger partial charge is 0.476 e.